The predicted molar refractivity (Wildman–Crippen MR) is 78.6 cm³/mol. The average molecular weight is 296 g/mol. The van der Waals surface area contributed by atoms with Crippen LogP contribution in [-0.4, -0.2) is 44.8 Å². The molecule has 0 aliphatic carbocycles. The fourth-order valence-electron chi connectivity index (χ4n) is 1.93. The number of nitrogens with zero attached hydrogens (tertiary/aromatic N) is 2. The number of aryl methyl sites for hydroxylation is 1. The number of carbonyl (C=O) groups excluding carboxylic acids is 1. The molecule has 0 radical (unpaired) electrons. The fraction of sp³-hybridized carbons (Fsp3) is 0.500. The van der Waals surface area contributed by atoms with Gasteiger partial charge in [-0.3, -0.25) is 14.9 Å². The highest BCUT2D eigenvalue weighted by Gasteiger charge is 2.20. The first kappa shape index (κ1) is 16.9. The summed E-state index contributed by atoms with van der Waals surface area (Å²) in [5.41, 5.74) is 1.31. The molecule has 7 heteroatoms. The van der Waals surface area contributed by atoms with Gasteiger partial charge in [0.15, 0.2) is 0 Å². The molecular formula is C14H20N2O5. The van der Waals surface area contributed by atoms with Crippen LogP contribution < -0.4 is 4.90 Å². The van der Waals surface area contributed by atoms with Crippen LogP contribution in [0.2, 0.25) is 0 Å². The van der Waals surface area contributed by atoms with Gasteiger partial charge in [-0.25, -0.2) is 0 Å². The van der Waals surface area contributed by atoms with Crippen molar-refractivity contribution in [1.29, 1.82) is 0 Å². The molecule has 0 amide bonds. The van der Waals surface area contributed by atoms with Gasteiger partial charge in [-0.15, -0.1) is 0 Å². The lowest BCUT2D eigenvalue weighted by Crippen LogP contribution is -2.30. The SMILES string of the molecule is COCCN(CCC(=O)OC)c1ccc(C)cc1[N+](=O)[O-]. The molecule has 0 aliphatic heterocycles. The summed E-state index contributed by atoms with van der Waals surface area (Å²) in [6.45, 7) is 2.99. The largest absolute Gasteiger partial charge is 0.469 e. The molecule has 0 saturated heterocycles. The zero-order valence-electron chi connectivity index (χ0n) is 12.5. The molecule has 0 heterocycles. The summed E-state index contributed by atoms with van der Waals surface area (Å²) >= 11 is 0. The molecule has 1 aromatic rings. The molecule has 0 bridgehead atoms. The molecule has 1 aromatic carbocycles. The van der Waals surface area contributed by atoms with Crippen molar-refractivity contribution in [2.45, 2.75) is 13.3 Å². The molecule has 0 spiro atoms. The van der Waals surface area contributed by atoms with Crippen LogP contribution in [-0.2, 0) is 14.3 Å². The number of ether oxygens (including phenoxy) is 2. The minimum absolute atomic E-state index is 0.0240. The topological polar surface area (TPSA) is 81.9 Å². The van der Waals surface area contributed by atoms with Crippen LogP contribution >= 0.6 is 0 Å². The second kappa shape index (κ2) is 8.21. The summed E-state index contributed by atoms with van der Waals surface area (Å²) in [5, 5.41) is 11.2. The van der Waals surface area contributed by atoms with Crippen LogP contribution in [0.15, 0.2) is 18.2 Å². The minimum Gasteiger partial charge on any atom is -0.469 e. The van der Waals surface area contributed by atoms with Crippen LogP contribution in [0.25, 0.3) is 0 Å². The van der Waals surface area contributed by atoms with Crippen molar-refractivity contribution in [3.63, 3.8) is 0 Å². The molecule has 7 nitrogen and oxygen atoms in total. The van der Waals surface area contributed by atoms with E-state index in [-0.39, 0.29) is 18.1 Å². The molecule has 0 aromatic heterocycles. The Morgan fingerprint density at radius 1 is 1.33 bits per heavy atom. The Kier molecular flexibility index (Phi) is 6.61. The number of methoxy groups -OCH3 is 2. The van der Waals surface area contributed by atoms with Gasteiger partial charge in [-0.05, 0) is 18.6 Å². The highest BCUT2D eigenvalue weighted by molar-refractivity contribution is 5.71. The van der Waals surface area contributed by atoms with Crippen molar-refractivity contribution >= 4 is 17.3 Å². The van der Waals surface area contributed by atoms with E-state index in [1.807, 2.05) is 0 Å². The Balaban J connectivity index is 3.01. The third-order valence-electron chi connectivity index (χ3n) is 3.05. The maximum Gasteiger partial charge on any atom is 0.307 e. The van der Waals surface area contributed by atoms with Gasteiger partial charge in [0.2, 0.25) is 0 Å². The van der Waals surface area contributed by atoms with Crippen LogP contribution in [0, 0.1) is 17.0 Å². The lowest BCUT2D eigenvalue weighted by atomic mass is 10.1. The van der Waals surface area contributed by atoms with Crippen molar-refractivity contribution < 1.29 is 19.2 Å². The standard InChI is InChI=1S/C14H20N2O5/c1-11-4-5-12(13(10-11)16(18)19)15(8-9-20-2)7-6-14(17)21-3/h4-5,10H,6-9H2,1-3H3. The average Bonchev–Trinajstić information content (AvgIpc) is 2.47. The maximum absolute atomic E-state index is 11.3. The van der Waals surface area contributed by atoms with E-state index in [0.717, 1.165) is 5.56 Å². The molecule has 0 N–H and O–H groups in total. The molecule has 0 fully saturated rings. The number of hydrogen-bond donors (Lipinski definition) is 0. The van der Waals surface area contributed by atoms with Crippen LogP contribution in [0.1, 0.15) is 12.0 Å². The van der Waals surface area contributed by atoms with E-state index in [2.05, 4.69) is 4.74 Å². The number of hydrogen-bond acceptors (Lipinski definition) is 6. The van der Waals surface area contributed by atoms with Crippen molar-refractivity contribution in [3.8, 4) is 0 Å². The molecule has 116 valence electrons. The minimum atomic E-state index is -0.416. The summed E-state index contributed by atoms with van der Waals surface area (Å²) in [5.74, 6) is -0.354. The van der Waals surface area contributed by atoms with Crippen molar-refractivity contribution in [2.24, 2.45) is 0 Å². The first-order chi connectivity index (χ1) is 9.99. The van der Waals surface area contributed by atoms with E-state index < -0.39 is 4.92 Å². The van der Waals surface area contributed by atoms with E-state index in [4.69, 9.17) is 4.74 Å². The zero-order chi connectivity index (χ0) is 15.8. The van der Waals surface area contributed by atoms with Crippen molar-refractivity contribution in [1.82, 2.24) is 0 Å². The number of anilines is 1. The van der Waals surface area contributed by atoms with Crippen molar-refractivity contribution in [3.05, 3.63) is 33.9 Å². The Bertz CT molecular complexity index is 504. The Labute approximate surface area is 123 Å². The van der Waals surface area contributed by atoms with Crippen LogP contribution in [0.5, 0.6) is 0 Å². The Morgan fingerprint density at radius 3 is 2.62 bits per heavy atom. The van der Waals surface area contributed by atoms with Gasteiger partial charge in [0, 0.05) is 26.3 Å². The Morgan fingerprint density at radius 2 is 2.05 bits per heavy atom. The van der Waals surface area contributed by atoms with Crippen molar-refractivity contribution in [2.75, 3.05) is 38.8 Å². The molecular weight excluding hydrogens is 276 g/mol. The van der Waals surface area contributed by atoms with Gasteiger partial charge in [0.25, 0.3) is 5.69 Å². The second-order valence-electron chi connectivity index (χ2n) is 4.56. The highest BCUT2D eigenvalue weighted by Crippen LogP contribution is 2.29. The first-order valence-electron chi connectivity index (χ1n) is 6.55. The van der Waals surface area contributed by atoms with E-state index in [0.29, 0.717) is 25.4 Å². The lowest BCUT2D eigenvalue weighted by molar-refractivity contribution is -0.384. The summed E-state index contributed by atoms with van der Waals surface area (Å²) < 4.78 is 9.63. The van der Waals surface area contributed by atoms with Crippen LogP contribution in [0.3, 0.4) is 0 Å². The smallest absolute Gasteiger partial charge is 0.307 e. The van der Waals surface area contributed by atoms with Gasteiger partial charge < -0.3 is 14.4 Å². The monoisotopic (exact) mass is 296 g/mol. The van der Waals surface area contributed by atoms with Crippen LogP contribution in [0.4, 0.5) is 11.4 Å². The molecule has 0 atom stereocenters. The van der Waals surface area contributed by atoms with Gasteiger partial charge in [0.1, 0.15) is 5.69 Å². The zero-order valence-corrected chi connectivity index (χ0v) is 12.5. The number of nitro groups is 1. The fourth-order valence-corrected chi connectivity index (χ4v) is 1.93. The van der Waals surface area contributed by atoms with E-state index in [1.165, 1.54) is 13.2 Å². The molecule has 0 unspecified atom stereocenters. The third kappa shape index (κ3) is 5.03. The quantitative estimate of drug-likeness (QED) is 0.414. The molecule has 21 heavy (non-hydrogen) atoms. The summed E-state index contributed by atoms with van der Waals surface area (Å²) in [6, 6.07) is 5.02. The van der Waals surface area contributed by atoms with Gasteiger partial charge in [-0.1, -0.05) is 6.07 Å². The summed E-state index contributed by atoms with van der Waals surface area (Å²) in [4.78, 5) is 23.8. The van der Waals surface area contributed by atoms with Gasteiger partial charge in [-0.2, -0.15) is 0 Å². The number of rotatable bonds is 8. The van der Waals surface area contributed by atoms with Gasteiger partial charge in [0.05, 0.1) is 25.1 Å². The lowest BCUT2D eigenvalue weighted by Gasteiger charge is -2.24. The number of esters is 1. The van der Waals surface area contributed by atoms with E-state index in [1.54, 1.807) is 31.1 Å². The third-order valence-corrected chi connectivity index (χ3v) is 3.05. The second-order valence-corrected chi connectivity index (χ2v) is 4.56. The predicted octanol–water partition coefficient (Wildman–Crippen LogP) is 1.92. The maximum atomic E-state index is 11.3. The van der Waals surface area contributed by atoms with E-state index in [9.17, 15) is 14.9 Å². The summed E-state index contributed by atoms with van der Waals surface area (Å²) in [6.07, 6.45) is 0.158. The first-order valence-corrected chi connectivity index (χ1v) is 6.55. The summed E-state index contributed by atoms with van der Waals surface area (Å²) in [7, 11) is 2.87. The normalized spacial score (nSPS) is 10.2. The number of benzene rings is 1. The molecule has 1 rings (SSSR count). The number of nitro benzene ring substituents is 1. The molecule has 0 saturated carbocycles. The highest BCUT2D eigenvalue weighted by atomic mass is 16.6. The molecule has 0 aliphatic rings. The van der Waals surface area contributed by atoms with Gasteiger partial charge >= 0.3 is 5.97 Å². The number of carbonyl (C=O) groups is 1. The Hall–Kier alpha value is -2.15. The van der Waals surface area contributed by atoms with E-state index >= 15 is 0 Å².